The van der Waals surface area contributed by atoms with E-state index < -0.39 is 0 Å². The Bertz CT molecular complexity index is 1100. The molecule has 0 bridgehead atoms. The summed E-state index contributed by atoms with van der Waals surface area (Å²) in [5.41, 5.74) is 2.40. The Morgan fingerprint density at radius 2 is 1.96 bits per heavy atom. The van der Waals surface area contributed by atoms with Crippen LogP contribution in [-0.4, -0.2) is 27.2 Å². The van der Waals surface area contributed by atoms with E-state index in [1.807, 2.05) is 18.2 Å². The molecule has 0 spiro atoms. The van der Waals surface area contributed by atoms with E-state index in [1.54, 1.807) is 36.5 Å². The minimum Gasteiger partial charge on any atom is -0.352 e. The molecule has 4 aromatic rings. The minimum atomic E-state index is -0.378. The van der Waals surface area contributed by atoms with Crippen LogP contribution >= 0.6 is 11.3 Å². The molecule has 28 heavy (non-hydrogen) atoms. The summed E-state index contributed by atoms with van der Waals surface area (Å²) in [5.74, 6) is -0.583. The Balaban J connectivity index is 1.36. The van der Waals surface area contributed by atoms with Crippen LogP contribution in [0.5, 0.6) is 0 Å². The summed E-state index contributed by atoms with van der Waals surface area (Å²) in [4.78, 5) is 17.1. The van der Waals surface area contributed by atoms with Crippen molar-refractivity contribution in [2.75, 3.05) is 6.54 Å². The second kappa shape index (κ2) is 7.90. The van der Waals surface area contributed by atoms with Crippen LogP contribution in [0.25, 0.3) is 15.9 Å². The zero-order valence-corrected chi connectivity index (χ0v) is 16.2. The van der Waals surface area contributed by atoms with E-state index in [4.69, 9.17) is 0 Å². The van der Waals surface area contributed by atoms with Gasteiger partial charge >= 0.3 is 0 Å². The van der Waals surface area contributed by atoms with Gasteiger partial charge in [0.05, 0.1) is 32.7 Å². The first-order chi connectivity index (χ1) is 13.6. The molecule has 0 radical (unpaired) electrons. The zero-order valence-electron chi connectivity index (χ0n) is 15.4. The molecule has 1 N–H and O–H groups in total. The highest BCUT2D eigenvalue weighted by atomic mass is 32.1. The number of rotatable bonds is 6. The van der Waals surface area contributed by atoms with Gasteiger partial charge in [0, 0.05) is 13.0 Å². The number of para-hydroxylation sites is 2. The smallest absolute Gasteiger partial charge is 0.254 e. The van der Waals surface area contributed by atoms with Crippen molar-refractivity contribution in [3.05, 3.63) is 76.8 Å². The molecule has 0 saturated heterocycles. The lowest BCUT2D eigenvalue weighted by molar-refractivity contribution is 0.0952. The number of aryl methyl sites for hydroxylation is 1. The summed E-state index contributed by atoms with van der Waals surface area (Å²) in [5, 5.41) is 8.16. The number of aromatic nitrogens is 3. The number of nitrogens with one attached hydrogen (secondary N) is 1. The maximum atomic E-state index is 14.0. The van der Waals surface area contributed by atoms with Crippen LogP contribution in [-0.2, 0) is 6.42 Å². The van der Waals surface area contributed by atoms with E-state index in [2.05, 4.69) is 21.5 Å². The standard InChI is InChI=1S/C21H19FN4OS/c1-14-15(13-24-26(14)18-9-4-2-7-16(18)22)21(27)23-12-6-11-20-25-17-8-3-5-10-19(17)28-20/h2-5,7-10,13H,6,11-12H2,1H3,(H,23,27). The minimum absolute atomic E-state index is 0.204. The van der Waals surface area contributed by atoms with E-state index in [1.165, 1.54) is 21.6 Å². The lowest BCUT2D eigenvalue weighted by Crippen LogP contribution is -2.25. The molecule has 0 aliphatic rings. The van der Waals surface area contributed by atoms with Crippen molar-refractivity contribution >= 4 is 27.5 Å². The predicted octanol–water partition coefficient (Wildman–Crippen LogP) is 4.29. The van der Waals surface area contributed by atoms with Crippen molar-refractivity contribution in [3.63, 3.8) is 0 Å². The number of fused-ring (bicyclic) bond motifs is 1. The van der Waals surface area contributed by atoms with Crippen LogP contribution in [0.1, 0.15) is 27.5 Å². The number of hydrogen-bond donors (Lipinski definition) is 1. The van der Waals surface area contributed by atoms with Crippen LogP contribution < -0.4 is 5.32 Å². The quantitative estimate of drug-likeness (QED) is 0.496. The molecule has 4 rings (SSSR count). The van der Waals surface area contributed by atoms with E-state index in [-0.39, 0.29) is 11.7 Å². The van der Waals surface area contributed by atoms with Gasteiger partial charge in [0.1, 0.15) is 11.5 Å². The first-order valence-electron chi connectivity index (χ1n) is 9.05. The van der Waals surface area contributed by atoms with Crippen molar-refractivity contribution in [2.45, 2.75) is 19.8 Å². The van der Waals surface area contributed by atoms with Crippen LogP contribution in [0, 0.1) is 12.7 Å². The van der Waals surface area contributed by atoms with E-state index in [9.17, 15) is 9.18 Å². The summed E-state index contributed by atoms with van der Waals surface area (Å²) in [6.45, 7) is 2.30. The van der Waals surface area contributed by atoms with Crippen LogP contribution in [0.4, 0.5) is 4.39 Å². The SMILES string of the molecule is Cc1c(C(=O)NCCCc2nc3ccccc3s2)cnn1-c1ccccc1F. The summed E-state index contributed by atoms with van der Waals surface area (Å²) >= 11 is 1.68. The van der Waals surface area contributed by atoms with Gasteiger partial charge < -0.3 is 5.32 Å². The zero-order chi connectivity index (χ0) is 19.5. The van der Waals surface area contributed by atoms with Gasteiger partial charge in [-0.05, 0) is 37.6 Å². The van der Waals surface area contributed by atoms with Gasteiger partial charge in [-0.15, -0.1) is 11.3 Å². The Morgan fingerprint density at radius 3 is 2.79 bits per heavy atom. The highest BCUT2D eigenvalue weighted by Gasteiger charge is 2.16. The Hall–Kier alpha value is -3.06. The van der Waals surface area contributed by atoms with Gasteiger partial charge in [-0.1, -0.05) is 24.3 Å². The topological polar surface area (TPSA) is 59.8 Å². The predicted molar refractivity (Wildman–Crippen MR) is 109 cm³/mol. The normalized spacial score (nSPS) is 11.1. The number of benzene rings is 2. The van der Waals surface area contributed by atoms with E-state index in [0.717, 1.165) is 23.4 Å². The van der Waals surface area contributed by atoms with Crippen molar-refractivity contribution in [1.29, 1.82) is 0 Å². The first-order valence-corrected chi connectivity index (χ1v) is 9.87. The largest absolute Gasteiger partial charge is 0.352 e. The average molecular weight is 394 g/mol. The second-order valence-electron chi connectivity index (χ2n) is 6.44. The molecular formula is C21H19FN4OS. The van der Waals surface area contributed by atoms with Crippen LogP contribution in [0.15, 0.2) is 54.7 Å². The van der Waals surface area contributed by atoms with Crippen molar-refractivity contribution in [1.82, 2.24) is 20.1 Å². The molecule has 0 atom stereocenters. The van der Waals surface area contributed by atoms with Gasteiger partial charge in [0.25, 0.3) is 5.91 Å². The number of hydrogen-bond acceptors (Lipinski definition) is 4. The van der Waals surface area contributed by atoms with Crippen LogP contribution in [0.3, 0.4) is 0 Å². The maximum absolute atomic E-state index is 14.0. The molecular weight excluding hydrogens is 375 g/mol. The maximum Gasteiger partial charge on any atom is 0.254 e. The fourth-order valence-electron chi connectivity index (χ4n) is 3.06. The molecule has 7 heteroatoms. The Kier molecular flexibility index (Phi) is 5.16. The lowest BCUT2D eigenvalue weighted by atomic mass is 10.2. The fraction of sp³-hybridized carbons (Fsp3) is 0.190. The first kappa shape index (κ1) is 18.3. The molecule has 0 aliphatic heterocycles. The fourth-order valence-corrected chi connectivity index (χ4v) is 4.07. The number of amides is 1. The number of nitrogens with zero attached hydrogens (tertiary/aromatic N) is 3. The molecule has 0 fully saturated rings. The number of thiazole rings is 1. The third-order valence-corrected chi connectivity index (χ3v) is 5.62. The van der Waals surface area contributed by atoms with E-state index in [0.29, 0.717) is 23.5 Å². The summed E-state index contributed by atoms with van der Waals surface area (Å²) < 4.78 is 16.6. The third-order valence-electron chi connectivity index (χ3n) is 4.53. The molecule has 1 amide bonds. The Labute approximate surface area is 165 Å². The Morgan fingerprint density at radius 1 is 1.18 bits per heavy atom. The average Bonchev–Trinajstić information content (AvgIpc) is 3.28. The van der Waals surface area contributed by atoms with Gasteiger partial charge in [0.15, 0.2) is 0 Å². The van der Waals surface area contributed by atoms with Crippen molar-refractivity contribution in [2.24, 2.45) is 0 Å². The molecule has 0 saturated carbocycles. The number of carbonyl (C=O) groups excluding carboxylic acids is 1. The van der Waals surface area contributed by atoms with Gasteiger partial charge in [-0.3, -0.25) is 4.79 Å². The molecule has 0 aliphatic carbocycles. The highest BCUT2D eigenvalue weighted by molar-refractivity contribution is 7.18. The summed E-state index contributed by atoms with van der Waals surface area (Å²) in [6.07, 6.45) is 3.09. The molecule has 0 unspecified atom stereocenters. The second-order valence-corrected chi connectivity index (χ2v) is 7.56. The summed E-state index contributed by atoms with van der Waals surface area (Å²) in [6, 6.07) is 14.4. The molecule has 5 nitrogen and oxygen atoms in total. The monoisotopic (exact) mass is 394 g/mol. The number of carbonyl (C=O) groups is 1. The highest BCUT2D eigenvalue weighted by Crippen LogP contribution is 2.22. The van der Waals surface area contributed by atoms with Gasteiger partial charge in [-0.2, -0.15) is 5.10 Å². The van der Waals surface area contributed by atoms with E-state index >= 15 is 0 Å². The number of halogens is 1. The van der Waals surface area contributed by atoms with Gasteiger partial charge in [-0.25, -0.2) is 14.1 Å². The van der Waals surface area contributed by atoms with Crippen molar-refractivity contribution in [3.8, 4) is 5.69 Å². The van der Waals surface area contributed by atoms with Gasteiger partial charge in [0.2, 0.25) is 0 Å². The molecule has 2 aromatic heterocycles. The van der Waals surface area contributed by atoms with Crippen molar-refractivity contribution < 1.29 is 9.18 Å². The molecule has 2 heterocycles. The summed E-state index contributed by atoms with van der Waals surface area (Å²) in [7, 11) is 0. The molecule has 2 aromatic carbocycles. The lowest BCUT2D eigenvalue weighted by Gasteiger charge is -2.07. The third kappa shape index (κ3) is 3.66. The molecule has 142 valence electrons. The van der Waals surface area contributed by atoms with Crippen LogP contribution in [0.2, 0.25) is 0 Å².